The predicted molar refractivity (Wildman–Crippen MR) is 78.0 cm³/mol. The van der Waals surface area contributed by atoms with Crippen LogP contribution in [0.25, 0.3) is 0 Å². The zero-order chi connectivity index (χ0) is 13.0. The van der Waals surface area contributed by atoms with E-state index in [-0.39, 0.29) is 0 Å². The molecule has 0 aliphatic carbocycles. The summed E-state index contributed by atoms with van der Waals surface area (Å²) in [5.74, 6) is 9.73. The molecule has 0 aromatic carbocycles. The minimum atomic E-state index is 0.575. The van der Waals surface area contributed by atoms with Crippen LogP contribution in [0.3, 0.4) is 0 Å². The van der Waals surface area contributed by atoms with Crippen LogP contribution in [0.5, 0.6) is 0 Å². The summed E-state index contributed by atoms with van der Waals surface area (Å²) in [6.45, 7) is 2.16. The van der Waals surface area contributed by atoms with Crippen LogP contribution in [0.15, 0.2) is 6.33 Å². The van der Waals surface area contributed by atoms with E-state index in [1.165, 1.54) is 17.9 Å². The summed E-state index contributed by atoms with van der Waals surface area (Å²) in [6.07, 6.45) is 4.81. The number of aromatic nitrogens is 2. The Labute approximate surface area is 113 Å². The Morgan fingerprint density at radius 2 is 2.39 bits per heavy atom. The number of nitrogens with two attached hydrogens (primary N) is 1. The first-order valence-electron chi connectivity index (χ1n) is 6.39. The standard InChI is InChI=1S/C12H21N5S/c1-3-4-10-11(16-13)14-8-15-12(10)17(2)9-5-6-18-7-9/h8-9H,3-7,13H2,1-2H3,(H,14,15,16). The van der Waals surface area contributed by atoms with E-state index in [2.05, 4.69) is 34.3 Å². The second-order valence-electron chi connectivity index (χ2n) is 4.55. The summed E-state index contributed by atoms with van der Waals surface area (Å²) in [5, 5.41) is 0. The van der Waals surface area contributed by atoms with Crippen molar-refractivity contribution in [2.24, 2.45) is 5.84 Å². The first-order chi connectivity index (χ1) is 8.77. The van der Waals surface area contributed by atoms with Crippen LogP contribution in [0, 0.1) is 0 Å². The van der Waals surface area contributed by atoms with E-state index in [1.807, 2.05) is 11.8 Å². The summed E-state index contributed by atoms with van der Waals surface area (Å²) in [7, 11) is 2.12. The molecule has 1 aliphatic heterocycles. The molecule has 2 heterocycles. The van der Waals surface area contributed by atoms with E-state index >= 15 is 0 Å². The Kier molecular flexibility index (Phi) is 4.66. The molecule has 1 aromatic heterocycles. The fraction of sp³-hybridized carbons (Fsp3) is 0.667. The molecule has 6 heteroatoms. The van der Waals surface area contributed by atoms with Crippen LogP contribution in [0.1, 0.15) is 25.3 Å². The van der Waals surface area contributed by atoms with Crippen LogP contribution < -0.4 is 16.2 Å². The van der Waals surface area contributed by atoms with Crippen molar-refractivity contribution < 1.29 is 0 Å². The molecule has 1 fully saturated rings. The monoisotopic (exact) mass is 267 g/mol. The molecule has 0 bridgehead atoms. The highest BCUT2D eigenvalue weighted by Gasteiger charge is 2.23. The molecule has 1 aliphatic rings. The summed E-state index contributed by atoms with van der Waals surface area (Å²) in [5.41, 5.74) is 3.81. The van der Waals surface area contributed by atoms with Gasteiger partial charge in [-0.25, -0.2) is 15.8 Å². The van der Waals surface area contributed by atoms with Crippen LogP contribution in [0.4, 0.5) is 11.6 Å². The minimum Gasteiger partial charge on any atom is -0.355 e. The van der Waals surface area contributed by atoms with Gasteiger partial charge in [0.1, 0.15) is 18.0 Å². The van der Waals surface area contributed by atoms with E-state index in [4.69, 9.17) is 5.84 Å². The van der Waals surface area contributed by atoms with Crippen LogP contribution >= 0.6 is 11.8 Å². The molecule has 100 valence electrons. The van der Waals surface area contributed by atoms with Crippen molar-refractivity contribution in [1.29, 1.82) is 0 Å². The molecule has 5 nitrogen and oxygen atoms in total. The van der Waals surface area contributed by atoms with Crippen molar-refractivity contribution in [1.82, 2.24) is 9.97 Å². The quantitative estimate of drug-likeness (QED) is 0.625. The average Bonchev–Trinajstić information content (AvgIpc) is 2.92. The van der Waals surface area contributed by atoms with Gasteiger partial charge in [0.15, 0.2) is 0 Å². The molecule has 1 atom stereocenters. The number of hydrogen-bond acceptors (Lipinski definition) is 6. The second-order valence-corrected chi connectivity index (χ2v) is 5.70. The Hall–Kier alpha value is -1.01. The maximum Gasteiger partial charge on any atom is 0.148 e. The van der Waals surface area contributed by atoms with Gasteiger partial charge in [-0.05, 0) is 18.6 Å². The van der Waals surface area contributed by atoms with Crippen molar-refractivity contribution in [2.45, 2.75) is 32.2 Å². The van der Waals surface area contributed by atoms with Crippen molar-refractivity contribution in [3.8, 4) is 0 Å². The summed E-state index contributed by atoms with van der Waals surface area (Å²) in [6, 6.07) is 0.575. The van der Waals surface area contributed by atoms with Crippen LogP contribution in [0.2, 0.25) is 0 Å². The molecule has 0 radical (unpaired) electrons. The third kappa shape index (κ3) is 2.70. The smallest absolute Gasteiger partial charge is 0.148 e. The lowest BCUT2D eigenvalue weighted by atomic mass is 10.1. The normalized spacial score (nSPS) is 18.9. The fourth-order valence-electron chi connectivity index (χ4n) is 2.31. The summed E-state index contributed by atoms with van der Waals surface area (Å²) in [4.78, 5) is 11.0. The van der Waals surface area contributed by atoms with Gasteiger partial charge < -0.3 is 10.3 Å². The number of hydrogen-bond donors (Lipinski definition) is 2. The number of rotatable bonds is 5. The van der Waals surface area contributed by atoms with Gasteiger partial charge in [0.2, 0.25) is 0 Å². The lowest BCUT2D eigenvalue weighted by Crippen LogP contribution is -2.33. The molecule has 1 aromatic rings. The highest BCUT2D eigenvalue weighted by Crippen LogP contribution is 2.29. The highest BCUT2D eigenvalue weighted by atomic mass is 32.2. The summed E-state index contributed by atoms with van der Waals surface area (Å²) >= 11 is 2.01. The number of hydrazine groups is 1. The zero-order valence-corrected chi connectivity index (χ0v) is 11.8. The Bertz CT molecular complexity index is 392. The van der Waals surface area contributed by atoms with E-state index in [9.17, 15) is 0 Å². The topological polar surface area (TPSA) is 67.1 Å². The van der Waals surface area contributed by atoms with Crippen molar-refractivity contribution in [2.75, 3.05) is 28.9 Å². The largest absolute Gasteiger partial charge is 0.355 e. The molecule has 0 spiro atoms. The second kappa shape index (κ2) is 6.24. The number of nitrogens with zero attached hydrogens (tertiary/aromatic N) is 3. The lowest BCUT2D eigenvalue weighted by molar-refractivity contribution is 0.684. The van der Waals surface area contributed by atoms with Gasteiger partial charge in [0.05, 0.1) is 0 Å². The first kappa shape index (κ1) is 13.4. The van der Waals surface area contributed by atoms with Gasteiger partial charge in [0.25, 0.3) is 0 Å². The molecule has 18 heavy (non-hydrogen) atoms. The molecule has 0 amide bonds. The number of nitrogens with one attached hydrogen (secondary N) is 1. The van der Waals surface area contributed by atoms with E-state index in [0.29, 0.717) is 6.04 Å². The SMILES string of the molecule is CCCc1c(NN)ncnc1N(C)C1CCSC1. The number of anilines is 2. The maximum atomic E-state index is 5.54. The third-order valence-corrected chi connectivity index (χ3v) is 4.49. The van der Waals surface area contributed by atoms with Crippen LogP contribution in [-0.4, -0.2) is 34.6 Å². The Balaban J connectivity index is 2.29. The van der Waals surface area contributed by atoms with Crippen molar-refractivity contribution in [3.05, 3.63) is 11.9 Å². The van der Waals surface area contributed by atoms with Gasteiger partial charge >= 0.3 is 0 Å². The number of thioether (sulfide) groups is 1. The third-order valence-electron chi connectivity index (χ3n) is 3.35. The Morgan fingerprint density at radius 1 is 1.56 bits per heavy atom. The number of nitrogen functional groups attached to an aromatic ring is 1. The highest BCUT2D eigenvalue weighted by molar-refractivity contribution is 7.99. The van der Waals surface area contributed by atoms with E-state index < -0.39 is 0 Å². The zero-order valence-electron chi connectivity index (χ0n) is 11.0. The maximum absolute atomic E-state index is 5.54. The predicted octanol–water partition coefficient (Wildman–Crippen LogP) is 1.66. The van der Waals surface area contributed by atoms with Gasteiger partial charge in [0, 0.05) is 24.4 Å². The van der Waals surface area contributed by atoms with Gasteiger partial charge in [-0.1, -0.05) is 13.3 Å². The molecule has 1 unspecified atom stereocenters. The average molecular weight is 267 g/mol. The van der Waals surface area contributed by atoms with Gasteiger partial charge in [-0.3, -0.25) is 0 Å². The molecule has 3 N–H and O–H groups in total. The molecule has 2 rings (SSSR count). The Morgan fingerprint density at radius 3 is 3.00 bits per heavy atom. The summed E-state index contributed by atoms with van der Waals surface area (Å²) < 4.78 is 0. The van der Waals surface area contributed by atoms with Crippen LogP contribution in [-0.2, 0) is 6.42 Å². The lowest BCUT2D eigenvalue weighted by Gasteiger charge is -2.27. The van der Waals surface area contributed by atoms with Gasteiger partial charge in [-0.2, -0.15) is 11.8 Å². The molecular formula is C12H21N5S. The molecule has 0 saturated carbocycles. The molecular weight excluding hydrogens is 246 g/mol. The van der Waals surface area contributed by atoms with E-state index in [1.54, 1.807) is 6.33 Å². The molecule has 1 saturated heterocycles. The fourth-order valence-corrected chi connectivity index (χ4v) is 3.58. The van der Waals surface area contributed by atoms with Crippen molar-refractivity contribution in [3.63, 3.8) is 0 Å². The van der Waals surface area contributed by atoms with Gasteiger partial charge in [-0.15, -0.1) is 0 Å². The first-order valence-corrected chi connectivity index (χ1v) is 7.54. The minimum absolute atomic E-state index is 0.575. The van der Waals surface area contributed by atoms with Crippen molar-refractivity contribution >= 4 is 23.4 Å². The van der Waals surface area contributed by atoms with E-state index in [0.717, 1.165) is 30.0 Å².